The van der Waals surface area contributed by atoms with Gasteiger partial charge < -0.3 is 9.73 Å². The van der Waals surface area contributed by atoms with Crippen LogP contribution in [0, 0.1) is 6.92 Å². The van der Waals surface area contributed by atoms with Crippen LogP contribution in [0.4, 0.5) is 0 Å². The second kappa shape index (κ2) is 7.87. The van der Waals surface area contributed by atoms with E-state index in [4.69, 9.17) is 4.42 Å². The second-order valence-corrected chi connectivity index (χ2v) is 6.31. The maximum atomic E-state index is 12.3. The standard InChI is InChI=1S/C21H19N5O2/c1-15-19(14-26-12-4-11-24-26)25-21(28-15)17-8-6-16(7-9-17)20(27)23-13-18-5-2-3-10-22-18/h2-12H,13-14H2,1H3,(H,23,27). The third kappa shape index (κ3) is 3.98. The molecule has 0 saturated carbocycles. The van der Waals surface area contributed by atoms with Crippen LogP contribution in [0.15, 0.2) is 71.5 Å². The summed E-state index contributed by atoms with van der Waals surface area (Å²) in [4.78, 5) is 21.1. The van der Waals surface area contributed by atoms with E-state index in [0.717, 1.165) is 22.7 Å². The molecule has 0 radical (unpaired) electrons. The van der Waals surface area contributed by atoms with Crippen LogP contribution in [0.1, 0.15) is 27.5 Å². The largest absolute Gasteiger partial charge is 0.441 e. The fraction of sp³-hybridized carbons (Fsp3) is 0.143. The Hall–Kier alpha value is -3.74. The van der Waals surface area contributed by atoms with Crippen LogP contribution in [0.3, 0.4) is 0 Å². The molecule has 0 unspecified atom stereocenters. The van der Waals surface area contributed by atoms with E-state index in [1.165, 1.54) is 0 Å². The number of nitrogens with one attached hydrogen (secondary N) is 1. The van der Waals surface area contributed by atoms with E-state index >= 15 is 0 Å². The number of aryl methyl sites for hydroxylation is 1. The molecule has 28 heavy (non-hydrogen) atoms. The Morgan fingerprint density at radius 2 is 1.96 bits per heavy atom. The molecule has 0 saturated heterocycles. The zero-order valence-corrected chi connectivity index (χ0v) is 15.4. The summed E-state index contributed by atoms with van der Waals surface area (Å²) < 4.78 is 7.59. The Labute approximate surface area is 162 Å². The molecule has 0 aliphatic rings. The average Bonchev–Trinajstić information content (AvgIpc) is 3.37. The van der Waals surface area contributed by atoms with Gasteiger partial charge in [-0.1, -0.05) is 6.07 Å². The molecule has 0 atom stereocenters. The molecule has 1 N–H and O–H groups in total. The lowest BCUT2D eigenvalue weighted by Crippen LogP contribution is -2.23. The maximum Gasteiger partial charge on any atom is 0.251 e. The fourth-order valence-electron chi connectivity index (χ4n) is 2.79. The van der Waals surface area contributed by atoms with Gasteiger partial charge in [-0.05, 0) is 49.4 Å². The van der Waals surface area contributed by atoms with Crippen molar-refractivity contribution in [3.8, 4) is 11.5 Å². The molecule has 0 aliphatic carbocycles. The Bertz CT molecular complexity index is 1050. The fourth-order valence-corrected chi connectivity index (χ4v) is 2.79. The van der Waals surface area contributed by atoms with Gasteiger partial charge in [-0.25, -0.2) is 4.98 Å². The van der Waals surface area contributed by atoms with Gasteiger partial charge in [0, 0.05) is 29.7 Å². The molecule has 1 aromatic carbocycles. The summed E-state index contributed by atoms with van der Waals surface area (Å²) in [5.74, 6) is 1.13. The number of hydrogen-bond acceptors (Lipinski definition) is 5. The highest BCUT2D eigenvalue weighted by Gasteiger charge is 2.13. The lowest BCUT2D eigenvalue weighted by Gasteiger charge is -2.05. The number of carbonyl (C=O) groups excluding carboxylic acids is 1. The summed E-state index contributed by atoms with van der Waals surface area (Å²) >= 11 is 0. The van der Waals surface area contributed by atoms with Crippen molar-refractivity contribution >= 4 is 5.91 Å². The third-order valence-electron chi connectivity index (χ3n) is 4.31. The quantitative estimate of drug-likeness (QED) is 0.561. The van der Waals surface area contributed by atoms with E-state index < -0.39 is 0 Å². The van der Waals surface area contributed by atoms with Crippen molar-refractivity contribution in [2.24, 2.45) is 0 Å². The molecule has 0 bridgehead atoms. The Morgan fingerprint density at radius 1 is 1.11 bits per heavy atom. The van der Waals surface area contributed by atoms with Crippen LogP contribution in [0.5, 0.6) is 0 Å². The minimum atomic E-state index is -0.153. The van der Waals surface area contributed by atoms with Gasteiger partial charge in [-0.2, -0.15) is 5.10 Å². The molecule has 1 amide bonds. The van der Waals surface area contributed by atoms with Crippen LogP contribution >= 0.6 is 0 Å². The van der Waals surface area contributed by atoms with E-state index in [1.54, 1.807) is 29.2 Å². The molecule has 7 nitrogen and oxygen atoms in total. The highest BCUT2D eigenvalue weighted by atomic mass is 16.4. The van der Waals surface area contributed by atoms with Crippen molar-refractivity contribution in [3.63, 3.8) is 0 Å². The highest BCUT2D eigenvalue weighted by molar-refractivity contribution is 5.94. The van der Waals surface area contributed by atoms with Gasteiger partial charge in [0.1, 0.15) is 11.5 Å². The average molecular weight is 373 g/mol. The number of benzene rings is 1. The second-order valence-electron chi connectivity index (χ2n) is 6.31. The predicted molar refractivity (Wildman–Crippen MR) is 103 cm³/mol. The van der Waals surface area contributed by atoms with Gasteiger partial charge in [-0.3, -0.25) is 14.5 Å². The van der Waals surface area contributed by atoms with Crippen molar-refractivity contribution in [1.82, 2.24) is 25.1 Å². The van der Waals surface area contributed by atoms with Crippen LogP contribution in [-0.2, 0) is 13.1 Å². The van der Waals surface area contributed by atoms with Gasteiger partial charge in [0.2, 0.25) is 5.89 Å². The van der Waals surface area contributed by atoms with E-state index in [0.29, 0.717) is 24.5 Å². The molecule has 7 heteroatoms. The number of oxazole rings is 1. The SMILES string of the molecule is Cc1oc(-c2ccc(C(=O)NCc3ccccn3)cc2)nc1Cn1cccn1. The number of aromatic nitrogens is 4. The van der Waals surface area contributed by atoms with Crippen molar-refractivity contribution in [2.45, 2.75) is 20.0 Å². The van der Waals surface area contributed by atoms with Crippen molar-refractivity contribution in [1.29, 1.82) is 0 Å². The normalized spacial score (nSPS) is 10.8. The molecular weight excluding hydrogens is 354 g/mol. The first-order valence-corrected chi connectivity index (χ1v) is 8.91. The lowest BCUT2D eigenvalue weighted by atomic mass is 10.1. The lowest BCUT2D eigenvalue weighted by molar-refractivity contribution is 0.0950. The smallest absolute Gasteiger partial charge is 0.251 e. The van der Waals surface area contributed by atoms with Crippen LogP contribution < -0.4 is 5.32 Å². The number of rotatable bonds is 6. The number of nitrogens with zero attached hydrogens (tertiary/aromatic N) is 4. The first-order chi connectivity index (χ1) is 13.7. The number of amides is 1. The molecule has 3 aromatic heterocycles. The van der Waals surface area contributed by atoms with Gasteiger partial charge >= 0.3 is 0 Å². The number of carbonyl (C=O) groups is 1. The Kier molecular flexibility index (Phi) is 4.97. The van der Waals surface area contributed by atoms with Crippen molar-refractivity contribution in [2.75, 3.05) is 0 Å². The van der Waals surface area contributed by atoms with E-state index in [2.05, 4.69) is 20.4 Å². The van der Waals surface area contributed by atoms with Gasteiger partial charge in [0.15, 0.2) is 0 Å². The predicted octanol–water partition coefficient (Wildman–Crippen LogP) is 3.22. The summed E-state index contributed by atoms with van der Waals surface area (Å²) in [5, 5.41) is 7.05. The molecule has 4 rings (SSSR count). The Balaban J connectivity index is 1.43. The van der Waals surface area contributed by atoms with Crippen molar-refractivity contribution in [3.05, 3.63) is 89.8 Å². The minimum Gasteiger partial charge on any atom is -0.441 e. The van der Waals surface area contributed by atoms with Gasteiger partial charge in [0.05, 0.1) is 18.8 Å². The monoisotopic (exact) mass is 373 g/mol. The van der Waals surface area contributed by atoms with Crippen LogP contribution in [0.2, 0.25) is 0 Å². The summed E-state index contributed by atoms with van der Waals surface area (Å²) in [7, 11) is 0. The van der Waals surface area contributed by atoms with Crippen molar-refractivity contribution < 1.29 is 9.21 Å². The Morgan fingerprint density at radius 3 is 2.68 bits per heavy atom. The van der Waals surface area contributed by atoms with E-state index in [-0.39, 0.29) is 5.91 Å². The molecule has 0 aliphatic heterocycles. The zero-order valence-electron chi connectivity index (χ0n) is 15.4. The van der Waals surface area contributed by atoms with E-state index in [1.807, 2.05) is 49.5 Å². The summed E-state index contributed by atoms with van der Waals surface area (Å²) in [5.41, 5.74) is 3.03. The molecule has 3 heterocycles. The minimum absolute atomic E-state index is 0.153. The van der Waals surface area contributed by atoms with Gasteiger partial charge in [-0.15, -0.1) is 0 Å². The maximum absolute atomic E-state index is 12.3. The molecule has 0 spiro atoms. The summed E-state index contributed by atoms with van der Waals surface area (Å²) in [6.07, 6.45) is 5.31. The van der Waals surface area contributed by atoms with Gasteiger partial charge in [0.25, 0.3) is 5.91 Å². The molecule has 0 fully saturated rings. The highest BCUT2D eigenvalue weighted by Crippen LogP contribution is 2.22. The molecular formula is C21H19N5O2. The summed E-state index contributed by atoms with van der Waals surface area (Å²) in [6.45, 7) is 2.82. The van der Waals surface area contributed by atoms with Crippen LogP contribution in [0.25, 0.3) is 11.5 Å². The molecule has 140 valence electrons. The third-order valence-corrected chi connectivity index (χ3v) is 4.31. The van der Waals surface area contributed by atoms with E-state index in [9.17, 15) is 4.79 Å². The summed E-state index contributed by atoms with van der Waals surface area (Å²) in [6, 6.07) is 14.7. The molecule has 4 aromatic rings. The van der Waals surface area contributed by atoms with Crippen LogP contribution in [-0.4, -0.2) is 25.7 Å². The first-order valence-electron chi connectivity index (χ1n) is 8.91. The zero-order chi connectivity index (χ0) is 19.3. The number of pyridine rings is 1. The number of hydrogen-bond donors (Lipinski definition) is 1. The first kappa shape index (κ1) is 17.7. The topological polar surface area (TPSA) is 85.8 Å².